The van der Waals surface area contributed by atoms with Gasteiger partial charge in [0.05, 0.1) is 6.20 Å². The predicted molar refractivity (Wildman–Crippen MR) is 62.2 cm³/mol. The number of rotatable bonds is 2. The van der Waals surface area contributed by atoms with Gasteiger partial charge in [-0.15, -0.1) is 0 Å². The van der Waals surface area contributed by atoms with Gasteiger partial charge in [0.2, 0.25) is 5.03 Å². The zero-order chi connectivity index (χ0) is 12.6. The Morgan fingerprint density at radius 3 is 2.88 bits per heavy atom. The van der Waals surface area contributed by atoms with Crippen molar-refractivity contribution in [3.8, 4) is 6.07 Å². The van der Waals surface area contributed by atoms with Gasteiger partial charge in [0, 0.05) is 23.8 Å². The Hall–Kier alpha value is -1.78. The molecule has 17 heavy (non-hydrogen) atoms. The van der Waals surface area contributed by atoms with Crippen molar-refractivity contribution in [2.75, 3.05) is 6.26 Å². The van der Waals surface area contributed by atoms with Crippen molar-refractivity contribution < 1.29 is 4.55 Å². The third-order valence-electron chi connectivity index (χ3n) is 2.46. The zero-order valence-electron chi connectivity index (χ0n) is 9.38. The van der Waals surface area contributed by atoms with E-state index in [9.17, 15) is 9.35 Å². The molecule has 0 amide bonds. The Bertz CT molecular complexity index is 665. The van der Waals surface area contributed by atoms with Crippen molar-refractivity contribution in [1.29, 1.82) is 5.26 Å². The molecule has 0 spiro atoms. The van der Waals surface area contributed by atoms with Gasteiger partial charge in [-0.25, -0.2) is 0 Å². The van der Waals surface area contributed by atoms with E-state index in [1.165, 1.54) is 12.5 Å². The summed E-state index contributed by atoms with van der Waals surface area (Å²) in [5.41, 5.74) is -0.0898. The van der Waals surface area contributed by atoms with Gasteiger partial charge < -0.3 is 4.55 Å². The van der Waals surface area contributed by atoms with Crippen LogP contribution in [0.1, 0.15) is 12.5 Å². The van der Waals surface area contributed by atoms with Gasteiger partial charge in [-0.3, -0.25) is 9.36 Å². The minimum Gasteiger partial charge on any atom is -0.610 e. The standard InChI is InChI=1S/C10H10N4O2S/c1-3-13-8-4-5-12-14(8)9(15)7(6-11)10(13)17(2)16/h4-5H,3H2,1-2H3. The smallest absolute Gasteiger partial charge is 0.297 e. The number of aromatic nitrogens is 3. The molecule has 0 aliphatic rings. The van der Waals surface area contributed by atoms with Crippen LogP contribution in [0.2, 0.25) is 0 Å². The molecule has 0 radical (unpaired) electrons. The van der Waals surface area contributed by atoms with Gasteiger partial charge in [0.1, 0.15) is 18.0 Å². The summed E-state index contributed by atoms with van der Waals surface area (Å²) in [7, 11) is 0. The Morgan fingerprint density at radius 1 is 1.65 bits per heavy atom. The minimum atomic E-state index is -1.40. The topological polar surface area (TPSA) is 86.1 Å². The highest BCUT2D eigenvalue weighted by atomic mass is 32.2. The lowest BCUT2D eigenvalue weighted by Crippen LogP contribution is -2.27. The molecule has 0 aliphatic carbocycles. The van der Waals surface area contributed by atoms with Gasteiger partial charge in [-0.2, -0.15) is 14.9 Å². The number of hydrogen-bond acceptors (Lipinski definition) is 4. The first-order valence-corrected chi connectivity index (χ1v) is 6.51. The van der Waals surface area contributed by atoms with Crippen LogP contribution in [0.5, 0.6) is 0 Å². The fraction of sp³-hybridized carbons (Fsp3) is 0.300. The van der Waals surface area contributed by atoms with Crippen LogP contribution in [0.3, 0.4) is 0 Å². The first-order chi connectivity index (χ1) is 8.11. The molecular formula is C10H10N4O2S. The van der Waals surface area contributed by atoms with Crippen LogP contribution in [0.4, 0.5) is 0 Å². The lowest BCUT2D eigenvalue weighted by Gasteiger charge is -2.14. The van der Waals surface area contributed by atoms with Crippen LogP contribution in [0.15, 0.2) is 22.1 Å². The van der Waals surface area contributed by atoms with E-state index in [2.05, 4.69) is 5.10 Å². The number of aryl methyl sites for hydroxylation is 1. The van der Waals surface area contributed by atoms with Crippen molar-refractivity contribution in [3.05, 3.63) is 28.2 Å². The van der Waals surface area contributed by atoms with Crippen LogP contribution in [-0.4, -0.2) is 25.0 Å². The number of hydrogen-bond donors (Lipinski definition) is 0. The highest BCUT2D eigenvalue weighted by molar-refractivity contribution is 7.90. The number of fused-ring (bicyclic) bond motifs is 1. The molecule has 2 aromatic heterocycles. The maximum Gasteiger partial charge on any atom is 0.297 e. The monoisotopic (exact) mass is 250 g/mol. The molecule has 0 bridgehead atoms. The highest BCUT2D eigenvalue weighted by Crippen LogP contribution is 2.15. The maximum atomic E-state index is 11.9. The summed E-state index contributed by atoms with van der Waals surface area (Å²) in [6.45, 7) is 2.37. The summed E-state index contributed by atoms with van der Waals surface area (Å²) in [5, 5.41) is 13.2. The second-order valence-corrected chi connectivity index (χ2v) is 4.69. The molecular weight excluding hydrogens is 240 g/mol. The molecule has 0 fully saturated rings. The lowest BCUT2D eigenvalue weighted by atomic mass is 10.3. The highest BCUT2D eigenvalue weighted by Gasteiger charge is 2.23. The molecule has 7 heteroatoms. The van der Waals surface area contributed by atoms with E-state index in [-0.39, 0.29) is 10.6 Å². The van der Waals surface area contributed by atoms with E-state index >= 15 is 0 Å². The second kappa shape index (κ2) is 4.24. The maximum absolute atomic E-state index is 11.9. The molecule has 0 aliphatic heterocycles. The van der Waals surface area contributed by atoms with Gasteiger partial charge >= 0.3 is 0 Å². The van der Waals surface area contributed by atoms with Gasteiger partial charge in [-0.05, 0) is 6.92 Å². The van der Waals surface area contributed by atoms with Crippen molar-refractivity contribution in [1.82, 2.24) is 14.2 Å². The molecule has 88 valence electrons. The average Bonchev–Trinajstić information content (AvgIpc) is 2.77. The van der Waals surface area contributed by atoms with E-state index in [0.717, 1.165) is 4.52 Å². The largest absolute Gasteiger partial charge is 0.610 e. The Kier molecular flexibility index (Phi) is 2.92. The molecule has 2 aromatic rings. The van der Waals surface area contributed by atoms with Crippen LogP contribution in [0.25, 0.3) is 5.65 Å². The second-order valence-electron chi connectivity index (χ2n) is 3.40. The number of nitriles is 1. The average molecular weight is 250 g/mol. The molecule has 0 aromatic carbocycles. The summed E-state index contributed by atoms with van der Waals surface area (Å²) in [6.07, 6.45) is 2.93. The molecule has 2 rings (SSSR count). The summed E-state index contributed by atoms with van der Waals surface area (Å²) in [4.78, 5) is 11.9. The van der Waals surface area contributed by atoms with E-state index in [4.69, 9.17) is 5.26 Å². The van der Waals surface area contributed by atoms with Crippen molar-refractivity contribution >= 4 is 16.8 Å². The first-order valence-electron chi connectivity index (χ1n) is 4.95. The van der Waals surface area contributed by atoms with Crippen LogP contribution in [-0.2, 0) is 17.7 Å². The third-order valence-corrected chi connectivity index (χ3v) is 3.43. The summed E-state index contributed by atoms with van der Waals surface area (Å²) in [6, 6.07) is 3.47. The normalized spacial score (nSPS) is 12.6. The Labute approximate surface area is 100 Å². The van der Waals surface area contributed by atoms with Crippen molar-refractivity contribution in [2.24, 2.45) is 0 Å². The zero-order valence-corrected chi connectivity index (χ0v) is 10.2. The molecule has 2 heterocycles. The minimum absolute atomic E-state index is 0.108. The quantitative estimate of drug-likeness (QED) is 0.559. The van der Waals surface area contributed by atoms with Gasteiger partial charge in [-0.1, -0.05) is 0 Å². The van der Waals surface area contributed by atoms with Crippen LogP contribution >= 0.6 is 0 Å². The summed E-state index contributed by atoms with van der Waals surface area (Å²) < 4.78 is 14.5. The molecule has 6 nitrogen and oxygen atoms in total. The van der Waals surface area contributed by atoms with Crippen LogP contribution in [0, 0.1) is 11.3 Å². The Morgan fingerprint density at radius 2 is 2.35 bits per heavy atom. The molecule has 0 saturated carbocycles. The predicted octanol–water partition coefficient (Wildman–Crippen LogP) is 0.125. The SMILES string of the molecule is CCn1c([S+](C)[O-])c(C#N)c(=O)n2nccc12. The molecule has 0 N–H and O–H groups in total. The third kappa shape index (κ3) is 1.62. The van der Waals surface area contributed by atoms with Crippen molar-refractivity contribution in [2.45, 2.75) is 18.5 Å². The summed E-state index contributed by atoms with van der Waals surface area (Å²) in [5.74, 6) is 0. The number of nitrogens with zero attached hydrogens (tertiary/aromatic N) is 4. The van der Waals surface area contributed by atoms with Gasteiger partial charge in [0.15, 0.2) is 5.56 Å². The lowest BCUT2D eigenvalue weighted by molar-refractivity contribution is 0.576. The fourth-order valence-electron chi connectivity index (χ4n) is 1.79. The van der Waals surface area contributed by atoms with E-state index < -0.39 is 16.7 Å². The van der Waals surface area contributed by atoms with E-state index in [1.807, 2.05) is 13.0 Å². The van der Waals surface area contributed by atoms with Crippen molar-refractivity contribution in [3.63, 3.8) is 0 Å². The summed E-state index contributed by atoms with van der Waals surface area (Å²) >= 11 is -1.40. The van der Waals surface area contributed by atoms with E-state index in [0.29, 0.717) is 12.2 Å². The fourth-order valence-corrected chi connectivity index (χ4v) is 2.75. The molecule has 0 saturated heterocycles. The Balaban J connectivity index is 3.04. The first kappa shape index (κ1) is 11.7. The van der Waals surface area contributed by atoms with Gasteiger partial charge in [0.25, 0.3) is 5.56 Å². The van der Waals surface area contributed by atoms with Crippen LogP contribution < -0.4 is 5.56 Å². The molecule has 1 unspecified atom stereocenters. The van der Waals surface area contributed by atoms with E-state index in [1.54, 1.807) is 10.6 Å². The molecule has 1 atom stereocenters.